The van der Waals surface area contributed by atoms with Crippen LogP contribution in [0.4, 0.5) is 0 Å². The number of benzene rings is 2. The minimum atomic E-state index is -0.312. The maximum Gasteiger partial charge on any atom is 0.235 e. The van der Waals surface area contributed by atoms with Gasteiger partial charge in [-0.05, 0) is 22.7 Å². The van der Waals surface area contributed by atoms with Gasteiger partial charge in [-0.25, -0.2) is 0 Å². The third-order valence-electron chi connectivity index (χ3n) is 2.83. The quantitative estimate of drug-likeness (QED) is 0.443. The lowest BCUT2D eigenvalue weighted by Crippen LogP contribution is -2.19. The molecule has 2 aromatic carbocycles. The van der Waals surface area contributed by atoms with E-state index in [1.54, 1.807) is 0 Å². The highest BCUT2D eigenvalue weighted by Gasteiger charge is 2.27. The van der Waals surface area contributed by atoms with E-state index in [2.05, 4.69) is 22.6 Å². The molecule has 0 aliphatic rings. The molecule has 1 atom stereocenters. The highest BCUT2D eigenvalue weighted by molar-refractivity contribution is 14.1. The average molecular weight is 371 g/mol. The van der Waals surface area contributed by atoms with Gasteiger partial charge in [-0.1, -0.05) is 83.3 Å². The zero-order valence-corrected chi connectivity index (χ0v) is 12.5. The summed E-state index contributed by atoms with van der Waals surface area (Å²) in [6.45, 7) is 0. The molecule has 0 aliphatic heterocycles. The van der Waals surface area contributed by atoms with E-state index < -0.39 is 0 Å². The molecule has 0 saturated carbocycles. The lowest BCUT2D eigenvalue weighted by atomic mass is 9.89. The van der Waals surface area contributed by atoms with Crippen molar-refractivity contribution < 1.29 is 4.79 Å². The van der Waals surface area contributed by atoms with Crippen LogP contribution >= 0.6 is 34.2 Å². The monoisotopic (exact) mass is 370 g/mol. The van der Waals surface area contributed by atoms with Crippen LogP contribution < -0.4 is 0 Å². The molecular formula is C15H12ClIO. The highest BCUT2D eigenvalue weighted by atomic mass is 127. The van der Waals surface area contributed by atoms with E-state index in [9.17, 15) is 4.79 Å². The Balaban J connectivity index is 2.45. The van der Waals surface area contributed by atoms with Gasteiger partial charge in [-0.3, -0.25) is 4.79 Å². The molecule has 0 amide bonds. The van der Waals surface area contributed by atoms with Crippen LogP contribution in [-0.2, 0) is 4.79 Å². The molecule has 3 heteroatoms. The smallest absolute Gasteiger partial charge is 0.235 e. The molecule has 2 rings (SSSR count). The number of halogens is 2. The van der Waals surface area contributed by atoms with Gasteiger partial charge < -0.3 is 0 Å². The summed E-state index contributed by atoms with van der Waals surface area (Å²) in [5.74, 6) is -0.00185. The van der Waals surface area contributed by atoms with Crippen molar-refractivity contribution in [3.8, 4) is 0 Å². The maximum absolute atomic E-state index is 11.5. The predicted octanol–water partition coefficient (Wildman–Crippen LogP) is 4.39. The van der Waals surface area contributed by atoms with Gasteiger partial charge in [0.2, 0.25) is 5.24 Å². The molecule has 18 heavy (non-hydrogen) atoms. The van der Waals surface area contributed by atoms with Crippen molar-refractivity contribution in [1.29, 1.82) is 0 Å². The number of alkyl halides is 1. The van der Waals surface area contributed by atoms with Crippen molar-refractivity contribution in [2.24, 2.45) is 0 Å². The summed E-state index contributed by atoms with van der Waals surface area (Å²) in [6.07, 6.45) is 0. The van der Waals surface area contributed by atoms with E-state index in [1.807, 2.05) is 60.7 Å². The van der Waals surface area contributed by atoms with Gasteiger partial charge in [0.1, 0.15) is 0 Å². The Morgan fingerprint density at radius 2 is 1.28 bits per heavy atom. The first-order valence-corrected chi connectivity index (χ1v) is 7.26. The highest BCUT2D eigenvalue weighted by Crippen LogP contribution is 2.33. The first-order chi connectivity index (χ1) is 8.70. The topological polar surface area (TPSA) is 17.1 Å². The fraction of sp³-hybridized carbons (Fsp3) is 0.133. The van der Waals surface area contributed by atoms with Gasteiger partial charge in [0.15, 0.2) is 0 Å². The zero-order chi connectivity index (χ0) is 13.0. The summed E-state index contributed by atoms with van der Waals surface area (Å²) in [5.41, 5.74) is 2.22. The Bertz CT molecular complexity index is 473. The Morgan fingerprint density at radius 1 is 0.889 bits per heavy atom. The van der Waals surface area contributed by atoms with Gasteiger partial charge in [0.05, 0.1) is 3.92 Å². The van der Waals surface area contributed by atoms with Gasteiger partial charge in [0, 0.05) is 5.92 Å². The molecule has 0 aliphatic carbocycles. The van der Waals surface area contributed by atoms with Crippen LogP contribution in [0.5, 0.6) is 0 Å². The second-order valence-corrected chi connectivity index (χ2v) is 5.72. The van der Waals surface area contributed by atoms with Crippen molar-refractivity contribution in [2.45, 2.75) is 9.84 Å². The van der Waals surface area contributed by atoms with Crippen molar-refractivity contribution in [3.05, 3.63) is 71.8 Å². The Kier molecular flexibility index (Phi) is 4.78. The van der Waals surface area contributed by atoms with E-state index in [-0.39, 0.29) is 15.1 Å². The molecule has 2 aromatic rings. The second-order valence-electron chi connectivity index (χ2n) is 4.00. The molecule has 1 nitrogen and oxygen atoms in total. The molecule has 0 N–H and O–H groups in total. The summed E-state index contributed by atoms with van der Waals surface area (Å²) < 4.78 is -0.269. The summed E-state index contributed by atoms with van der Waals surface area (Å²) in [5, 5.41) is -0.312. The lowest BCUT2D eigenvalue weighted by Gasteiger charge is -2.21. The van der Waals surface area contributed by atoms with E-state index in [0.29, 0.717) is 0 Å². The number of carbonyl (C=O) groups excluding carboxylic acids is 1. The summed E-state index contributed by atoms with van der Waals surface area (Å²) >= 11 is 7.80. The SMILES string of the molecule is O=C(Cl)C(I)C(c1ccccc1)c1ccccc1. The molecule has 92 valence electrons. The van der Waals surface area contributed by atoms with Crippen LogP contribution in [0.15, 0.2) is 60.7 Å². The van der Waals surface area contributed by atoms with Crippen molar-refractivity contribution in [2.75, 3.05) is 0 Å². The van der Waals surface area contributed by atoms with Gasteiger partial charge in [-0.2, -0.15) is 0 Å². The van der Waals surface area contributed by atoms with Gasteiger partial charge in [-0.15, -0.1) is 0 Å². The van der Waals surface area contributed by atoms with Crippen LogP contribution in [-0.4, -0.2) is 9.17 Å². The fourth-order valence-electron chi connectivity index (χ4n) is 1.98. The molecule has 0 heterocycles. The van der Waals surface area contributed by atoms with Crippen molar-refractivity contribution in [3.63, 3.8) is 0 Å². The van der Waals surface area contributed by atoms with Crippen LogP contribution in [0, 0.1) is 0 Å². The molecule has 0 bridgehead atoms. The average Bonchev–Trinajstić information content (AvgIpc) is 2.41. The minimum absolute atomic E-state index is 0.00185. The Morgan fingerprint density at radius 3 is 1.61 bits per heavy atom. The van der Waals surface area contributed by atoms with E-state index in [1.165, 1.54) is 0 Å². The predicted molar refractivity (Wildman–Crippen MR) is 83.4 cm³/mol. The normalized spacial score (nSPS) is 12.4. The van der Waals surface area contributed by atoms with Crippen molar-refractivity contribution >= 4 is 39.4 Å². The van der Waals surface area contributed by atoms with E-state index in [0.717, 1.165) is 11.1 Å². The Labute approximate surface area is 125 Å². The van der Waals surface area contributed by atoms with Crippen LogP contribution in [0.2, 0.25) is 0 Å². The second kappa shape index (κ2) is 6.34. The Hall–Kier alpha value is -0.870. The zero-order valence-electron chi connectivity index (χ0n) is 9.59. The maximum atomic E-state index is 11.5. The van der Waals surface area contributed by atoms with Gasteiger partial charge >= 0.3 is 0 Å². The van der Waals surface area contributed by atoms with Crippen LogP contribution in [0.1, 0.15) is 17.0 Å². The van der Waals surface area contributed by atoms with Crippen LogP contribution in [0.25, 0.3) is 0 Å². The number of hydrogen-bond acceptors (Lipinski definition) is 1. The molecule has 0 spiro atoms. The number of hydrogen-bond donors (Lipinski definition) is 0. The number of rotatable bonds is 4. The standard InChI is InChI=1S/C15H12ClIO/c16-15(18)14(17)13(11-7-3-1-4-8-11)12-9-5-2-6-10-12/h1-10,13-14H. The summed E-state index contributed by atoms with van der Waals surface area (Å²) in [4.78, 5) is 11.5. The molecule has 1 unspecified atom stereocenters. The van der Waals surface area contributed by atoms with Crippen LogP contribution in [0.3, 0.4) is 0 Å². The van der Waals surface area contributed by atoms with Gasteiger partial charge in [0.25, 0.3) is 0 Å². The third-order valence-corrected chi connectivity index (χ3v) is 4.71. The summed E-state index contributed by atoms with van der Waals surface area (Å²) in [7, 11) is 0. The largest absolute Gasteiger partial charge is 0.280 e. The number of carbonyl (C=O) groups is 1. The fourth-order valence-corrected chi connectivity index (χ4v) is 2.94. The van der Waals surface area contributed by atoms with E-state index in [4.69, 9.17) is 11.6 Å². The molecule has 0 radical (unpaired) electrons. The summed E-state index contributed by atoms with van der Waals surface area (Å²) in [6, 6.07) is 20.0. The molecule has 0 saturated heterocycles. The first-order valence-electron chi connectivity index (χ1n) is 5.63. The van der Waals surface area contributed by atoms with Crippen molar-refractivity contribution in [1.82, 2.24) is 0 Å². The third kappa shape index (κ3) is 3.12. The first kappa shape index (κ1) is 13.6. The molecule has 0 aromatic heterocycles. The molecular weight excluding hydrogens is 359 g/mol. The van der Waals surface area contributed by atoms with E-state index >= 15 is 0 Å². The molecule has 0 fully saturated rings. The lowest BCUT2D eigenvalue weighted by molar-refractivity contribution is -0.111. The minimum Gasteiger partial charge on any atom is -0.280 e.